The molecule has 0 aromatic heterocycles. The maximum atomic E-state index is 9.94. The van der Waals surface area contributed by atoms with Gasteiger partial charge in [-0.15, -0.1) is 0 Å². The Hall–Kier alpha value is -0.0400. The maximum absolute atomic E-state index is 9.94. The molecule has 0 saturated carbocycles. The Morgan fingerprint density at radius 2 is 0.826 bits per heavy atom. The van der Waals surface area contributed by atoms with E-state index in [9.17, 15) is 5.11 Å². The van der Waals surface area contributed by atoms with Gasteiger partial charge in [0.1, 0.15) is 0 Å². The molecule has 0 spiro atoms. The van der Waals surface area contributed by atoms with Crippen LogP contribution in [0.2, 0.25) is 0 Å². The zero-order valence-electron chi connectivity index (χ0n) is 16.7. The van der Waals surface area contributed by atoms with Crippen LogP contribution in [-0.2, 0) is 0 Å². The molecule has 0 fully saturated rings. The van der Waals surface area contributed by atoms with Crippen molar-refractivity contribution < 1.29 is 5.11 Å². The van der Waals surface area contributed by atoms with Crippen molar-refractivity contribution in [2.75, 3.05) is 0 Å². The van der Waals surface area contributed by atoms with E-state index in [1.807, 2.05) is 6.92 Å². The SMILES string of the molecule is CCCCCCCCCCCCCCCCCCC(C)(O)CC. The van der Waals surface area contributed by atoms with Gasteiger partial charge in [-0.1, -0.05) is 117 Å². The molecule has 0 amide bonds. The van der Waals surface area contributed by atoms with E-state index in [-0.39, 0.29) is 0 Å². The Morgan fingerprint density at radius 3 is 1.13 bits per heavy atom. The predicted octanol–water partition coefficient (Wildman–Crippen LogP) is 7.80. The van der Waals surface area contributed by atoms with E-state index in [1.165, 1.54) is 103 Å². The van der Waals surface area contributed by atoms with Gasteiger partial charge in [-0.25, -0.2) is 0 Å². The van der Waals surface area contributed by atoms with Gasteiger partial charge in [-0.05, 0) is 19.8 Å². The first-order valence-corrected chi connectivity index (χ1v) is 10.8. The third kappa shape index (κ3) is 18.1. The normalized spacial score (nSPS) is 14.1. The summed E-state index contributed by atoms with van der Waals surface area (Å²) in [5.74, 6) is 0. The van der Waals surface area contributed by atoms with Crippen molar-refractivity contribution >= 4 is 0 Å². The summed E-state index contributed by atoms with van der Waals surface area (Å²) in [6.07, 6.45) is 24.4. The highest BCUT2D eigenvalue weighted by atomic mass is 16.3. The van der Waals surface area contributed by atoms with Gasteiger partial charge in [0.05, 0.1) is 5.60 Å². The van der Waals surface area contributed by atoms with Crippen LogP contribution in [0.15, 0.2) is 0 Å². The summed E-state index contributed by atoms with van der Waals surface area (Å²) in [6.45, 7) is 6.34. The molecule has 1 nitrogen and oxygen atoms in total. The lowest BCUT2D eigenvalue weighted by Crippen LogP contribution is -2.22. The number of hydrogen-bond acceptors (Lipinski definition) is 1. The molecule has 0 saturated heterocycles. The molecule has 0 aromatic rings. The van der Waals surface area contributed by atoms with Crippen molar-refractivity contribution in [3.8, 4) is 0 Å². The van der Waals surface area contributed by atoms with Crippen molar-refractivity contribution in [1.82, 2.24) is 0 Å². The van der Waals surface area contributed by atoms with Gasteiger partial charge in [-0.3, -0.25) is 0 Å². The summed E-state index contributed by atoms with van der Waals surface area (Å²) < 4.78 is 0. The first kappa shape index (κ1) is 23.0. The second-order valence-corrected chi connectivity index (χ2v) is 7.90. The van der Waals surface area contributed by atoms with Crippen LogP contribution >= 0.6 is 0 Å². The largest absolute Gasteiger partial charge is 0.390 e. The number of unbranched alkanes of at least 4 members (excludes halogenated alkanes) is 15. The molecule has 0 heterocycles. The molecule has 0 rings (SSSR count). The van der Waals surface area contributed by atoms with Gasteiger partial charge >= 0.3 is 0 Å². The van der Waals surface area contributed by atoms with Crippen LogP contribution in [-0.4, -0.2) is 10.7 Å². The lowest BCUT2D eigenvalue weighted by molar-refractivity contribution is 0.0442. The quantitative estimate of drug-likeness (QED) is 0.255. The molecule has 1 heteroatoms. The van der Waals surface area contributed by atoms with Gasteiger partial charge in [-0.2, -0.15) is 0 Å². The Labute approximate surface area is 147 Å². The summed E-state index contributed by atoms with van der Waals surface area (Å²) in [7, 11) is 0. The highest BCUT2D eigenvalue weighted by Crippen LogP contribution is 2.19. The van der Waals surface area contributed by atoms with E-state index in [0.717, 1.165) is 12.8 Å². The molecule has 23 heavy (non-hydrogen) atoms. The Bertz CT molecular complexity index is 222. The van der Waals surface area contributed by atoms with Crippen LogP contribution in [0.4, 0.5) is 0 Å². The molecular weight excluding hydrogens is 280 g/mol. The minimum atomic E-state index is -0.421. The summed E-state index contributed by atoms with van der Waals surface area (Å²) in [4.78, 5) is 0. The first-order valence-electron chi connectivity index (χ1n) is 10.8. The molecule has 0 aliphatic heterocycles. The minimum Gasteiger partial charge on any atom is -0.390 e. The molecule has 0 aliphatic carbocycles. The van der Waals surface area contributed by atoms with E-state index in [4.69, 9.17) is 0 Å². The average Bonchev–Trinajstić information content (AvgIpc) is 2.54. The third-order valence-corrected chi connectivity index (χ3v) is 5.33. The highest BCUT2D eigenvalue weighted by Gasteiger charge is 2.15. The lowest BCUT2D eigenvalue weighted by atomic mass is 9.95. The first-order chi connectivity index (χ1) is 11.1. The monoisotopic (exact) mass is 326 g/mol. The topological polar surface area (TPSA) is 20.2 Å². The van der Waals surface area contributed by atoms with Gasteiger partial charge in [0.15, 0.2) is 0 Å². The Morgan fingerprint density at radius 1 is 0.522 bits per heavy atom. The Balaban J connectivity index is 3.05. The second-order valence-electron chi connectivity index (χ2n) is 7.90. The molecule has 1 N–H and O–H groups in total. The van der Waals surface area contributed by atoms with Crippen molar-refractivity contribution in [3.63, 3.8) is 0 Å². The van der Waals surface area contributed by atoms with Crippen LogP contribution in [0.3, 0.4) is 0 Å². The molecule has 140 valence electrons. The van der Waals surface area contributed by atoms with E-state index < -0.39 is 5.60 Å². The molecule has 0 radical (unpaired) electrons. The van der Waals surface area contributed by atoms with E-state index >= 15 is 0 Å². The third-order valence-electron chi connectivity index (χ3n) is 5.33. The van der Waals surface area contributed by atoms with Gasteiger partial charge in [0.25, 0.3) is 0 Å². The van der Waals surface area contributed by atoms with Crippen LogP contribution < -0.4 is 0 Å². The van der Waals surface area contributed by atoms with Crippen LogP contribution in [0.1, 0.15) is 136 Å². The van der Waals surface area contributed by atoms with E-state index in [2.05, 4.69) is 13.8 Å². The smallest absolute Gasteiger partial charge is 0.0617 e. The lowest BCUT2D eigenvalue weighted by Gasteiger charge is -2.20. The van der Waals surface area contributed by atoms with Gasteiger partial charge < -0.3 is 5.11 Å². The fourth-order valence-electron chi connectivity index (χ4n) is 3.23. The fourth-order valence-corrected chi connectivity index (χ4v) is 3.23. The summed E-state index contributed by atoms with van der Waals surface area (Å²) >= 11 is 0. The van der Waals surface area contributed by atoms with Crippen LogP contribution in [0.5, 0.6) is 0 Å². The summed E-state index contributed by atoms with van der Waals surface area (Å²) in [5, 5.41) is 9.94. The number of aliphatic hydroxyl groups is 1. The Kier molecular flexibility index (Phi) is 16.8. The van der Waals surface area contributed by atoms with E-state index in [1.54, 1.807) is 0 Å². The molecule has 1 unspecified atom stereocenters. The van der Waals surface area contributed by atoms with Crippen molar-refractivity contribution in [3.05, 3.63) is 0 Å². The molecular formula is C22H46O. The predicted molar refractivity (Wildman–Crippen MR) is 105 cm³/mol. The highest BCUT2D eigenvalue weighted by molar-refractivity contribution is 4.69. The minimum absolute atomic E-state index is 0.421. The number of hydrogen-bond donors (Lipinski definition) is 1. The molecule has 0 bridgehead atoms. The van der Waals surface area contributed by atoms with Crippen molar-refractivity contribution in [2.24, 2.45) is 0 Å². The molecule has 1 atom stereocenters. The molecule has 0 aromatic carbocycles. The van der Waals surface area contributed by atoms with Crippen molar-refractivity contribution in [1.29, 1.82) is 0 Å². The van der Waals surface area contributed by atoms with Gasteiger partial charge in [0, 0.05) is 0 Å². The zero-order chi connectivity index (χ0) is 17.2. The summed E-state index contributed by atoms with van der Waals surface area (Å²) in [5.41, 5.74) is -0.421. The molecule has 0 aliphatic rings. The van der Waals surface area contributed by atoms with Gasteiger partial charge in [0.2, 0.25) is 0 Å². The average molecular weight is 327 g/mol. The zero-order valence-corrected chi connectivity index (χ0v) is 16.7. The summed E-state index contributed by atoms with van der Waals surface area (Å²) in [6, 6.07) is 0. The fraction of sp³-hybridized carbons (Fsp3) is 1.00. The van der Waals surface area contributed by atoms with E-state index in [0.29, 0.717) is 0 Å². The maximum Gasteiger partial charge on any atom is 0.0617 e. The second kappa shape index (κ2) is 16.8. The number of rotatable bonds is 18. The van der Waals surface area contributed by atoms with Crippen LogP contribution in [0, 0.1) is 0 Å². The van der Waals surface area contributed by atoms with Crippen molar-refractivity contribution in [2.45, 2.75) is 142 Å². The standard InChI is InChI=1S/C22H46O/c1-4-6-7-8-9-10-11-12-13-14-15-16-17-18-19-20-21-22(3,23)5-2/h23H,4-21H2,1-3H3. The van der Waals surface area contributed by atoms with Crippen LogP contribution in [0.25, 0.3) is 0 Å².